The Morgan fingerprint density at radius 2 is 1.78 bits per heavy atom. The molecule has 0 spiro atoms. The fourth-order valence-corrected chi connectivity index (χ4v) is 1.59. The summed E-state index contributed by atoms with van der Waals surface area (Å²) in [6.07, 6.45) is 0.411. The lowest BCUT2D eigenvalue weighted by atomic mass is 10.1. The van der Waals surface area contributed by atoms with Gasteiger partial charge in [-0.15, -0.1) is 0 Å². The molecular formula is C15H23NO2. The molecule has 3 heteroatoms. The highest BCUT2D eigenvalue weighted by Crippen LogP contribution is 2.18. The Morgan fingerprint density at radius 1 is 1.22 bits per heavy atom. The molecule has 0 saturated carbocycles. The largest absolute Gasteiger partial charge is 0.488 e. The summed E-state index contributed by atoms with van der Waals surface area (Å²) in [7, 11) is 0. The van der Waals surface area contributed by atoms with Crippen LogP contribution < -0.4 is 10.1 Å². The van der Waals surface area contributed by atoms with Crippen LogP contribution in [0.5, 0.6) is 5.75 Å². The summed E-state index contributed by atoms with van der Waals surface area (Å²) in [5, 5.41) is 2.87. The van der Waals surface area contributed by atoms with E-state index in [2.05, 4.69) is 5.32 Å². The van der Waals surface area contributed by atoms with Crippen LogP contribution >= 0.6 is 0 Å². The zero-order chi connectivity index (χ0) is 13.8. The molecule has 0 radical (unpaired) electrons. The average molecular weight is 249 g/mol. The molecule has 1 aromatic rings. The first kappa shape index (κ1) is 14.6. The maximum absolute atomic E-state index is 11.6. The van der Waals surface area contributed by atoms with E-state index in [0.29, 0.717) is 6.42 Å². The molecule has 0 bridgehead atoms. The van der Waals surface area contributed by atoms with Crippen molar-refractivity contribution in [3.63, 3.8) is 0 Å². The summed E-state index contributed by atoms with van der Waals surface area (Å²) in [5.41, 5.74) is 0.797. The molecule has 0 unspecified atom stereocenters. The molecular weight excluding hydrogens is 226 g/mol. The van der Waals surface area contributed by atoms with Gasteiger partial charge < -0.3 is 10.1 Å². The highest BCUT2D eigenvalue weighted by atomic mass is 16.5. The minimum Gasteiger partial charge on any atom is -0.488 e. The number of nitrogens with one attached hydrogen (secondary N) is 1. The minimum atomic E-state index is -0.198. The van der Waals surface area contributed by atoms with E-state index in [0.717, 1.165) is 11.3 Å². The Kier molecular flexibility index (Phi) is 4.76. The highest BCUT2D eigenvalue weighted by molar-refractivity contribution is 5.78. The summed E-state index contributed by atoms with van der Waals surface area (Å²) in [6.45, 7) is 9.95. The monoisotopic (exact) mass is 249 g/mol. The molecule has 1 aromatic carbocycles. The van der Waals surface area contributed by atoms with Crippen LogP contribution in [0.3, 0.4) is 0 Å². The third-order valence-corrected chi connectivity index (χ3v) is 2.16. The van der Waals surface area contributed by atoms with Crippen LogP contribution in [0, 0.1) is 0 Å². The molecule has 18 heavy (non-hydrogen) atoms. The van der Waals surface area contributed by atoms with E-state index >= 15 is 0 Å². The predicted molar refractivity (Wildman–Crippen MR) is 73.8 cm³/mol. The normalized spacial score (nSPS) is 11.4. The number of carbonyl (C=O) groups is 1. The van der Waals surface area contributed by atoms with E-state index in [1.807, 2.05) is 58.9 Å². The lowest BCUT2D eigenvalue weighted by Crippen LogP contribution is -2.31. The maximum atomic E-state index is 11.6. The quantitative estimate of drug-likeness (QED) is 0.891. The molecule has 0 aliphatic carbocycles. The van der Waals surface area contributed by atoms with Gasteiger partial charge in [-0.3, -0.25) is 4.79 Å². The zero-order valence-corrected chi connectivity index (χ0v) is 11.9. The van der Waals surface area contributed by atoms with Gasteiger partial charge >= 0.3 is 0 Å². The van der Waals surface area contributed by atoms with Crippen LogP contribution in [-0.4, -0.2) is 17.6 Å². The first-order chi connectivity index (χ1) is 8.26. The van der Waals surface area contributed by atoms with Crippen LogP contribution in [-0.2, 0) is 11.2 Å². The summed E-state index contributed by atoms with van der Waals surface area (Å²) < 4.78 is 5.73. The average Bonchev–Trinajstić information content (AvgIpc) is 2.17. The van der Waals surface area contributed by atoms with Crippen LogP contribution in [0.15, 0.2) is 24.3 Å². The molecule has 0 atom stereocenters. The number of benzene rings is 1. The number of rotatable bonds is 4. The Labute approximate surface area is 110 Å². The van der Waals surface area contributed by atoms with Crippen molar-refractivity contribution < 1.29 is 9.53 Å². The van der Waals surface area contributed by atoms with Crippen LogP contribution in [0.4, 0.5) is 0 Å². The van der Waals surface area contributed by atoms with Gasteiger partial charge in [0, 0.05) is 6.04 Å². The van der Waals surface area contributed by atoms with E-state index in [9.17, 15) is 4.79 Å². The zero-order valence-electron chi connectivity index (χ0n) is 11.9. The third kappa shape index (κ3) is 5.71. The first-order valence-electron chi connectivity index (χ1n) is 6.33. The SMILES string of the molecule is CC(C)NC(=O)Cc1ccc(OC(C)(C)C)cc1. The molecule has 0 saturated heterocycles. The third-order valence-electron chi connectivity index (χ3n) is 2.16. The second-order valence-corrected chi connectivity index (χ2v) is 5.76. The van der Waals surface area contributed by atoms with Gasteiger partial charge in [-0.25, -0.2) is 0 Å². The Hall–Kier alpha value is -1.51. The standard InChI is InChI=1S/C15H23NO2/c1-11(2)16-14(17)10-12-6-8-13(9-7-12)18-15(3,4)5/h6-9,11H,10H2,1-5H3,(H,16,17). The second kappa shape index (κ2) is 5.89. The van der Waals surface area contributed by atoms with Crippen LogP contribution in [0.1, 0.15) is 40.2 Å². The van der Waals surface area contributed by atoms with Gasteiger partial charge in [0.1, 0.15) is 11.4 Å². The van der Waals surface area contributed by atoms with E-state index in [4.69, 9.17) is 4.74 Å². The number of hydrogen-bond donors (Lipinski definition) is 1. The van der Waals surface area contributed by atoms with Crippen molar-refractivity contribution in [3.8, 4) is 5.75 Å². The molecule has 1 amide bonds. The van der Waals surface area contributed by atoms with Gasteiger partial charge in [0.25, 0.3) is 0 Å². The van der Waals surface area contributed by atoms with E-state index in [1.54, 1.807) is 0 Å². The van der Waals surface area contributed by atoms with Gasteiger partial charge in [0.15, 0.2) is 0 Å². The van der Waals surface area contributed by atoms with Crippen LogP contribution in [0.25, 0.3) is 0 Å². The number of amides is 1. The van der Waals surface area contributed by atoms with Gasteiger partial charge in [0.05, 0.1) is 6.42 Å². The topological polar surface area (TPSA) is 38.3 Å². The molecule has 100 valence electrons. The maximum Gasteiger partial charge on any atom is 0.224 e. The minimum absolute atomic E-state index is 0.0505. The van der Waals surface area contributed by atoms with Crippen LogP contribution in [0.2, 0.25) is 0 Å². The Morgan fingerprint density at radius 3 is 2.22 bits per heavy atom. The van der Waals surface area contributed by atoms with Crippen molar-refractivity contribution in [2.24, 2.45) is 0 Å². The molecule has 1 N–H and O–H groups in total. The lowest BCUT2D eigenvalue weighted by Gasteiger charge is -2.21. The highest BCUT2D eigenvalue weighted by Gasteiger charge is 2.11. The van der Waals surface area contributed by atoms with Gasteiger partial charge in [-0.05, 0) is 52.3 Å². The fourth-order valence-electron chi connectivity index (χ4n) is 1.59. The molecule has 0 aliphatic heterocycles. The molecule has 1 rings (SSSR count). The molecule has 3 nitrogen and oxygen atoms in total. The number of hydrogen-bond acceptors (Lipinski definition) is 2. The van der Waals surface area contributed by atoms with Crippen molar-refractivity contribution in [2.45, 2.75) is 52.7 Å². The Bertz CT molecular complexity index is 388. The molecule has 0 fully saturated rings. The van der Waals surface area contributed by atoms with E-state index in [1.165, 1.54) is 0 Å². The van der Waals surface area contributed by atoms with Gasteiger partial charge in [-0.2, -0.15) is 0 Å². The predicted octanol–water partition coefficient (Wildman–Crippen LogP) is 2.93. The molecule has 0 heterocycles. The lowest BCUT2D eigenvalue weighted by molar-refractivity contribution is -0.120. The smallest absolute Gasteiger partial charge is 0.224 e. The van der Waals surface area contributed by atoms with Crippen molar-refractivity contribution >= 4 is 5.91 Å². The number of carbonyl (C=O) groups excluding carboxylic acids is 1. The summed E-state index contributed by atoms with van der Waals surface area (Å²) in [5.74, 6) is 0.880. The van der Waals surface area contributed by atoms with E-state index in [-0.39, 0.29) is 17.6 Å². The number of ether oxygens (including phenoxy) is 1. The Balaban J connectivity index is 2.58. The summed E-state index contributed by atoms with van der Waals surface area (Å²) in [4.78, 5) is 11.6. The molecule has 0 aliphatic rings. The molecule has 0 aromatic heterocycles. The fraction of sp³-hybridized carbons (Fsp3) is 0.533. The van der Waals surface area contributed by atoms with Gasteiger partial charge in [0.2, 0.25) is 5.91 Å². The van der Waals surface area contributed by atoms with Gasteiger partial charge in [-0.1, -0.05) is 12.1 Å². The van der Waals surface area contributed by atoms with E-state index < -0.39 is 0 Å². The van der Waals surface area contributed by atoms with Crippen molar-refractivity contribution in [1.29, 1.82) is 0 Å². The second-order valence-electron chi connectivity index (χ2n) is 5.76. The van der Waals surface area contributed by atoms with Crippen molar-refractivity contribution in [3.05, 3.63) is 29.8 Å². The first-order valence-corrected chi connectivity index (χ1v) is 6.33. The van der Waals surface area contributed by atoms with Crippen molar-refractivity contribution in [1.82, 2.24) is 5.32 Å². The summed E-state index contributed by atoms with van der Waals surface area (Å²) in [6, 6.07) is 7.86. The van der Waals surface area contributed by atoms with Crippen molar-refractivity contribution in [2.75, 3.05) is 0 Å². The summed E-state index contributed by atoms with van der Waals surface area (Å²) >= 11 is 0.